The number of fused-ring (bicyclic) bond motifs is 1. The van der Waals surface area contributed by atoms with Crippen LogP contribution >= 0.6 is 11.6 Å². The average molecular weight is 420 g/mol. The first-order valence-corrected chi connectivity index (χ1v) is 9.73. The van der Waals surface area contributed by atoms with Crippen LogP contribution in [0.3, 0.4) is 0 Å². The predicted molar refractivity (Wildman–Crippen MR) is 92.0 cm³/mol. The number of imidazole rings is 1. The van der Waals surface area contributed by atoms with Gasteiger partial charge in [-0.05, 0) is 11.6 Å². The first kappa shape index (κ1) is 19.6. The summed E-state index contributed by atoms with van der Waals surface area (Å²) in [6, 6.07) is 4.83. The zero-order valence-corrected chi connectivity index (χ0v) is 15.3. The molecule has 0 saturated carbocycles. The van der Waals surface area contributed by atoms with Crippen LogP contribution in [0.25, 0.3) is 16.9 Å². The van der Waals surface area contributed by atoms with E-state index >= 15 is 0 Å². The third kappa shape index (κ3) is 3.78. The summed E-state index contributed by atoms with van der Waals surface area (Å²) in [7, 11) is -3.72. The van der Waals surface area contributed by atoms with E-state index in [1.807, 2.05) is 0 Å². The van der Waals surface area contributed by atoms with Gasteiger partial charge in [0.25, 0.3) is 0 Å². The van der Waals surface area contributed by atoms with Crippen LogP contribution in [0, 0.1) is 0 Å². The molecular weight excluding hydrogens is 407 g/mol. The minimum absolute atomic E-state index is 0.0337. The van der Waals surface area contributed by atoms with Crippen molar-refractivity contribution in [3.63, 3.8) is 0 Å². The molecule has 2 aromatic heterocycles. The second-order valence-electron chi connectivity index (χ2n) is 5.66. The summed E-state index contributed by atoms with van der Waals surface area (Å²) in [4.78, 5) is 7.33. The molecule has 144 valence electrons. The molecule has 11 heteroatoms. The van der Waals surface area contributed by atoms with Crippen LogP contribution in [0.2, 0.25) is 0 Å². The quantitative estimate of drug-likeness (QED) is 0.655. The van der Waals surface area contributed by atoms with Gasteiger partial charge in [0, 0.05) is 17.8 Å². The predicted octanol–water partition coefficient (Wildman–Crippen LogP) is 3.44. The molecule has 0 fully saturated rings. The maximum absolute atomic E-state index is 12.8. The lowest BCUT2D eigenvalue weighted by Crippen LogP contribution is -2.08. The molecular formula is C16H13ClF3N3O3S. The monoisotopic (exact) mass is 419 g/mol. The highest BCUT2D eigenvalue weighted by Gasteiger charge is 2.33. The molecule has 3 rings (SSSR count). The van der Waals surface area contributed by atoms with Crippen molar-refractivity contribution in [1.82, 2.24) is 14.4 Å². The molecule has 1 aromatic carbocycles. The number of nitrogens with zero attached hydrogens (tertiary/aromatic N) is 3. The van der Waals surface area contributed by atoms with Gasteiger partial charge in [-0.3, -0.25) is 4.40 Å². The molecule has 0 bridgehead atoms. The molecule has 3 aromatic rings. The Morgan fingerprint density at radius 3 is 2.59 bits per heavy atom. The summed E-state index contributed by atoms with van der Waals surface area (Å²) < 4.78 is 64.6. The molecule has 1 unspecified atom stereocenters. The standard InChI is InChI=1S/C16H13ClF3N3O3S/c1-2-27(25,26)12-5-9(15(17)24)3-4-10(12)11-7-23-8-21-13(16(18,19)20)6-14(23)22-11/h3-8,15,24H,2H2,1H3. The summed E-state index contributed by atoms with van der Waals surface area (Å²) in [5, 5.41) is 9.51. The highest BCUT2D eigenvalue weighted by molar-refractivity contribution is 7.91. The Kier molecular flexibility index (Phi) is 4.91. The highest BCUT2D eigenvalue weighted by Crippen LogP contribution is 2.32. The van der Waals surface area contributed by atoms with E-state index in [-0.39, 0.29) is 33.1 Å². The number of halogens is 4. The molecule has 0 radical (unpaired) electrons. The molecule has 1 atom stereocenters. The number of hydrogen-bond donors (Lipinski definition) is 1. The summed E-state index contributed by atoms with van der Waals surface area (Å²) >= 11 is 5.62. The Morgan fingerprint density at radius 2 is 2.00 bits per heavy atom. The van der Waals surface area contributed by atoms with Crippen molar-refractivity contribution in [1.29, 1.82) is 0 Å². The molecule has 0 spiro atoms. The molecule has 6 nitrogen and oxygen atoms in total. The van der Waals surface area contributed by atoms with Crippen molar-refractivity contribution in [3.05, 3.63) is 48.0 Å². The first-order chi connectivity index (χ1) is 12.5. The van der Waals surface area contributed by atoms with E-state index in [0.717, 1.165) is 12.4 Å². The van der Waals surface area contributed by atoms with Crippen molar-refractivity contribution >= 4 is 27.1 Å². The van der Waals surface area contributed by atoms with Crippen molar-refractivity contribution in [2.75, 3.05) is 5.75 Å². The van der Waals surface area contributed by atoms with Crippen LogP contribution in [0.4, 0.5) is 13.2 Å². The maximum Gasteiger partial charge on any atom is 0.433 e. The average Bonchev–Trinajstić information content (AvgIpc) is 3.03. The minimum Gasteiger partial charge on any atom is -0.373 e. The van der Waals surface area contributed by atoms with E-state index in [9.17, 15) is 26.7 Å². The summed E-state index contributed by atoms with van der Waals surface area (Å²) in [5.41, 5.74) is -2.02. The number of aromatic nitrogens is 3. The number of rotatable bonds is 4. The lowest BCUT2D eigenvalue weighted by atomic mass is 10.1. The third-order valence-electron chi connectivity index (χ3n) is 3.91. The maximum atomic E-state index is 12.8. The van der Waals surface area contributed by atoms with E-state index in [4.69, 9.17) is 11.6 Å². The molecule has 0 aliphatic heterocycles. The van der Waals surface area contributed by atoms with Crippen LogP contribution in [0.5, 0.6) is 0 Å². The second-order valence-corrected chi connectivity index (χ2v) is 8.32. The molecule has 0 amide bonds. The van der Waals surface area contributed by atoms with Crippen LogP contribution in [-0.4, -0.2) is 33.6 Å². The van der Waals surface area contributed by atoms with Crippen molar-refractivity contribution in [3.8, 4) is 11.3 Å². The Bertz CT molecular complexity index is 1110. The fraction of sp³-hybridized carbons (Fsp3) is 0.250. The topological polar surface area (TPSA) is 84.6 Å². The largest absolute Gasteiger partial charge is 0.433 e. The van der Waals surface area contributed by atoms with Crippen LogP contribution in [0.15, 0.2) is 41.7 Å². The van der Waals surface area contributed by atoms with Gasteiger partial charge >= 0.3 is 6.18 Å². The van der Waals surface area contributed by atoms with E-state index in [0.29, 0.717) is 0 Å². The fourth-order valence-corrected chi connectivity index (χ4v) is 3.76. The minimum atomic E-state index is -4.62. The first-order valence-electron chi connectivity index (χ1n) is 7.64. The van der Waals surface area contributed by atoms with Gasteiger partial charge in [0.05, 0.1) is 16.3 Å². The molecule has 2 heterocycles. The zero-order chi connectivity index (χ0) is 20.0. The highest BCUT2D eigenvalue weighted by atomic mass is 35.5. The van der Waals surface area contributed by atoms with Gasteiger partial charge < -0.3 is 5.11 Å². The number of aliphatic hydroxyl groups excluding tert-OH is 1. The van der Waals surface area contributed by atoms with E-state index in [1.54, 1.807) is 0 Å². The summed E-state index contributed by atoms with van der Waals surface area (Å²) in [5.74, 6) is -0.213. The third-order valence-corrected chi connectivity index (χ3v) is 5.93. The van der Waals surface area contributed by atoms with Crippen LogP contribution in [-0.2, 0) is 16.0 Å². The van der Waals surface area contributed by atoms with Gasteiger partial charge in [0.2, 0.25) is 0 Å². The Balaban J connectivity index is 2.21. The molecule has 0 aliphatic carbocycles. The lowest BCUT2D eigenvalue weighted by Gasteiger charge is -2.11. The number of alkyl halides is 4. The Hall–Kier alpha value is -2.17. The smallest absolute Gasteiger partial charge is 0.373 e. The van der Waals surface area contributed by atoms with Crippen LogP contribution in [0.1, 0.15) is 23.7 Å². The number of sulfone groups is 1. The van der Waals surface area contributed by atoms with E-state index in [2.05, 4.69) is 9.97 Å². The second kappa shape index (κ2) is 6.77. The van der Waals surface area contributed by atoms with Gasteiger partial charge in [-0.2, -0.15) is 13.2 Å². The Labute approximate surface area is 157 Å². The Morgan fingerprint density at radius 1 is 1.30 bits per heavy atom. The van der Waals surface area contributed by atoms with Crippen molar-refractivity contribution < 1.29 is 26.7 Å². The van der Waals surface area contributed by atoms with Gasteiger partial charge in [-0.25, -0.2) is 18.4 Å². The van der Waals surface area contributed by atoms with Crippen molar-refractivity contribution in [2.45, 2.75) is 23.6 Å². The van der Waals surface area contributed by atoms with Gasteiger partial charge in [-0.1, -0.05) is 30.7 Å². The zero-order valence-electron chi connectivity index (χ0n) is 13.8. The fourth-order valence-electron chi connectivity index (χ4n) is 2.49. The van der Waals surface area contributed by atoms with E-state index < -0.39 is 27.3 Å². The molecule has 0 aliphatic rings. The van der Waals surface area contributed by atoms with Gasteiger partial charge in [0.1, 0.15) is 17.7 Å². The lowest BCUT2D eigenvalue weighted by molar-refractivity contribution is -0.141. The van der Waals surface area contributed by atoms with Crippen molar-refractivity contribution in [2.24, 2.45) is 0 Å². The van der Waals surface area contributed by atoms with E-state index in [1.165, 1.54) is 35.7 Å². The normalized spacial score (nSPS) is 13.9. The summed E-state index contributed by atoms with van der Waals surface area (Å²) in [6.07, 6.45) is -2.29. The number of hydrogen-bond acceptors (Lipinski definition) is 5. The molecule has 0 saturated heterocycles. The molecule has 1 N–H and O–H groups in total. The SMILES string of the molecule is CCS(=O)(=O)c1cc(C(O)Cl)ccc1-c1cn2cnc(C(F)(F)F)cc2n1. The molecule has 27 heavy (non-hydrogen) atoms. The van der Waals surface area contributed by atoms with Gasteiger partial charge in [-0.15, -0.1) is 0 Å². The number of aliphatic hydroxyl groups is 1. The van der Waals surface area contributed by atoms with Crippen LogP contribution < -0.4 is 0 Å². The summed E-state index contributed by atoms with van der Waals surface area (Å²) in [6.45, 7) is 1.45. The number of benzene rings is 1. The van der Waals surface area contributed by atoms with Gasteiger partial charge in [0.15, 0.2) is 15.4 Å².